The topological polar surface area (TPSA) is 58.4 Å². The predicted octanol–water partition coefficient (Wildman–Crippen LogP) is 2.69. The molecule has 3 rings (SSSR count). The van der Waals surface area contributed by atoms with Crippen LogP contribution in [0.3, 0.4) is 0 Å². The van der Waals surface area contributed by atoms with E-state index in [4.69, 9.17) is 0 Å². The molecule has 2 heterocycles. The van der Waals surface area contributed by atoms with Crippen LogP contribution in [0.4, 0.5) is 4.39 Å². The summed E-state index contributed by atoms with van der Waals surface area (Å²) in [5.41, 5.74) is 2.76. The van der Waals surface area contributed by atoms with E-state index in [0.29, 0.717) is 13.0 Å². The Bertz CT molecular complexity index is 727. The quantitative estimate of drug-likeness (QED) is 0.921. The zero-order valence-corrected chi connectivity index (χ0v) is 13.1. The maximum Gasteiger partial charge on any atom is 0.336 e. The van der Waals surface area contributed by atoms with Crippen molar-refractivity contribution in [3.63, 3.8) is 0 Å². The fourth-order valence-corrected chi connectivity index (χ4v) is 3.18. The number of benzene rings is 1. The Morgan fingerprint density at radius 3 is 3.00 bits per heavy atom. The molecule has 0 saturated carbocycles. The van der Waals surface area contributed by atoms with E-state index in [1.165, 1.54) is 6.07 Å². The molecule has 1 aromatic carbocycles. The van der Waals surface area contributed by atoms with Crippen LogP contribution in [0.5, 0.6) is 0 Å². The first kappa shape index (κ1) is 15.7. The molecular formula is C17H20FN3O2. The minimum atomic E-state index is -1.06. The highest BCUT2D eigenvalue weighted by Gasteiger charge is 2.23. The number of aryl methyl sites for hydroxylation is 1. The van der Waals surface area contributed by atoms with E-state index in [-0.39, 0.29) is 5.56 Å². The molecule has 1 aliphatic heterocycles. The van der Waals surface area contributed by atoms with Crippen LogP contribution in [0.1, 0.15) is 40.5 Å². The number of aromatic carboxylic acids is 1. The normalized spacial score (nSPS) is 14.7. The summed E-state index contributed by atoms with van der Waals surface area (Å²) in [7, 11) is 0. The van der Waals surface area contributed by atoms with Crippen molar-refractivity contribution in [2.24, 2.45) is 0 Å². The summed E-state index contributed by atoms with van der Waals surface area (Å²) in [4.78, 5) is 13.5. The lowest BCUT2D eigenvalue weighted by Crippen LogP contribution is -2.32. The van der Waals surface area contributed by atoms with Gasteiger partial charge in [0.05, 0.1) is 11.3 Å². The number of halogens is 1. The molecule has 0 bridgehead atoms. The molecule has 0 aliphatic carbocycles. The molecule has 6 heteroatoms. The molecule has 0 fully saturated rings. The molecule has 122 valence electrons. The molecule has 0 radical (unpaired) electrons. The van der Waals surface area contributed by atoms with Gasteiger partial charge in [-0.2, -0.15) is 5.10 Å². The van der Waals surface area contributed by atoms with Gasteiger partial charge >= 0.3 is 5.97 Å². The van der Waals surface area contributed by atoms with Gasteiger partial charge in [-0.05, 0) is 42.2 Å². The molecule has 2 aromatic rings. The van der Waals surface area contributed by atoms with Crippen molar-refractivity contribution in [3.8, 4) is 0 Å². The van der Waals surface area contributed by atoms with Crippen LogP contribution in [0, 0.1) is 5.82 Å². The summed E-state index contributed by atoms with van der Waals surface area (Å²) in [6, 6.07) is 4.57. The second-order valence-electron chi connectivity index (χ2n) is 5.90. The Balaban J connectivity index is 1.80. The Labute approximate surface area is 134 Å². The number of hydrogen-bond acceptors (Lipinski definition) is 3. The molecule has 0 saturated heterocycles. The predicted molar refractivity (Wildman–Crippen MR) is 83.7 cm³/mol. The zero-order chi connectivity index (χ0) is 16.4. The summed E-state index contributed by atoms with van der Waals surface area (Å²) in [6.45, 7) is 5.04. The number of aromatic nitrogens is 2. The highest BCUT2D eigenvalue weighted by molar-refractivity contribution is 5.90. The van der Waals surface area contributed by atoms with Gasteiger partial charge in [-0.1, -0.05) is 6.92 Å². The number of carboxylic acid groups (broad SMARTS) is 1. The van der Waals surface area contributed by atoms with Gasteiger partial charge in [-0.15, -0.1) is 0 Å². The van der Waals surface area contributed by atoms with Crippen LogP contribution < -0.4 is 0 Å². The maximum atomic E-state index is 13.7. The highest BCUT2D eigenvalue weighted by Crippen LogP contribution is 2.25. The standard InChI is InChI=1S/C17H20FN3O2/c1-2-6-21-14(3-5-19-21)11-20-7-4-15-12(10-20)8-13(18)9-16(15)17(22)23/h3,5,8-9H,2,4,6-7,10-11H2,1H3,(H,22,23). The molecule has 5 nitrogen and oxygen atoms in total. The minimum Gasteiger partial charge on any atom is -0.478 e. The Kier molecular flexibility index (Phi) is 4.43. The van der Waals surface area contributed by atoms with Crippen LogP contribution in [-0.2, 0) is 26.1 Å². The second kappa shape index (κ2) is 6.50. The number of hydrogen-bond donors (Lipinski definition) is 1. The molecule has 1 N–H and O–H groups in total. The zero-order valence-electron chi connectivity index (χ0n) is 13.1. The summed E-state index contributed by atoms with van der Waals surface area (Å²) in [6.07, 6.45) is 3.44. The van der Waals surface area contributed by atoms with E-state index in [1.807, 2.05) is 10.7 Å². The number of nitrogens with zero attached hydrogens (tertiary/aromatic N) is 3. The maximum absolute atomic E-state index is 13.7. The molecule has 23 heavy (non-hydrogen) atoms. The lowest BCUT2D eigenvalue weighted by molar-refractivity contribution is 0.0694. The lowest BCUT2D eigenvalue weighted by Gasteiger charge is -2.29. The van der Waals surface area contributed by atoms with Gasteiger partial charge < -0.3 is 5.11 Å². The van der Waals surface area contributed by atoms with E-state index >= 15 is 0 Å². The van der Waals surface area contributed by atoms with Gasteiger partial charge in [0.25, 0.3) is 0 Å². The van der Waals surface area contributed by atoms with Crippen LogP contribution in [0.2, 0.25) is 0 Å². The molecule has 0 unspecified atom stereocenters. The van der Waals surface area contributed by atoms with Crippen LogP contribution in [-0.4, -0.2) is 32.3 Å². The number of carbonyl (C=O) groups is 1. The molecular weight excluding hydrogens is 297 g/mol. The van der Waals surface area contributed by atoms with E-state index in [2.05, 4.69) is 16.9 Å². The van der Waals surface area contributed by atoms with Gasteiger partial charge in [0.15, 0.2) is 0 Å². The van der Waals surface area contributed by atoms with E-state index in [9.17, 15) is 14.3 Å². The molecule has 1 aliphatic rings. The summed E-state index contributed by atoms with van der Waals surface area (Å²) in [5.74, 6) is -1.55. The number of fused-ring (bicyclic) bond motifs is 1. The Morgan fingerprint density at radius 2 is 2.26 bits per heavy atom. The first-order valence-corrected chi connectivity index (χ1v) is 7.86. The fourth-order valence-electron chi connectivity index (χ4n) is 3.18. The lowest BCUT2D eigenvalue weighted by atomic mass is 9.94. The van der Waals surface area contributed by atoms with E-state index in [1.54, 1.807) is 6.20 Å². The minimum absolute atomic E-state index is 0.0932. The third-order valence-electron chi connectivity index (χ3n) is 4.23. The van der Waals surface area contributed by atoms with Crippen LogP contribution in [0.25, 0.3) is 0 Å². The second-order valence-corrected chi connectivity index (χ2v) is 5.90. The van der Waals surface area contributed by atoms with Gasteiger partial charge in [0, 0.05) is 32.4 Å². The van der Waals surface area contributed by atoms with E-state index < -0.39 is 11.8 Å². The SMILES string of the molecule is CCCn1nccc1CN1CCc2c(cc(F)cc2C(=O)O)C1. The first-order chi connectivity index (χ1) is 11.1. The number of rotatable bonds is 5. The fraction of sp³-hybridized carbons (Fsp3) is 0.412. The highest BCUT2D eigenvalue weighted by atomic mass is 19.1. The molecule has 0 amide bonds. The average molecular weight is 317 g/mol. The smallest absolute Gasteiger partial charge is 0.336 e. The van der Waals surface area contributed by atoms with Crippen LogP contribution >= 0.6 is 0 Å². The Morgan fingerprint density at radius 1 is 1.43 bits per heavy atom. The van der Waals surface area contributed by atoms with Crippen LogP contribution in [0.15, 0.2) is 24.4 Å². The van der Waals surface area contributed by atoms with Crippen molar-refractivity contribution < 1.29 is 14.3 Å². The third kappa shape index (κ3) is 3.27. The largest absolute Gasteiger partial charge is 0.478 e. The van der Waals surface area contributed by atoms with Gasteiger partial charge in [-0.25, -0.2) is 9.18 Å². The summed E-state index contributed by atoms with van der Waals surface area (Å²) < 4.78 is 15.7. The first-order valence-electron chi connectivity index (χ1n) is 7.86. The van der Waals surface area contributed by atoms with Crippen molar-refractivity contribution >= 4 is 5.97 Å². The van der Waals surface area contributed by atoms with Gasteiger partial charge in [0.1, 0.15) is 5.82 Å². The average Bonchev–Trinajstić information content (AvgIpc) is 2.93. The third-order valence-corrected chi connectivity index (χ3v) is 4.23. The van der Waals surface area contributed by atoms with E-state index in [0.717, 1.165) is 48.9 Å². The van der Waals surface area contributed by atoms with Crippen molar-refractivity contribution in [1.82, 2.24) is 14.7 Å². The van der Waals surface area contributed by atoms with Crippen molar-refractivity contribution in [3.05, 3.63) is 52.6 Å². The molecule has 0 atom stereocenters. The number of carboxylic acids is 1. The summed E-state index contributed by atoms with van der Waals surface area (Å²) in [5, 5.41) is 13.6. The molecule has 0 spiro atoms. The molecule has 1 aromatic heterocycles. The monoisotopic (exact) mass is 317 g/mol. The Hall–Kier alpha value is -2.21. The van der Waals surface area contributed by atoms with Crippen molar-refractivity contribution in [2.45, 2.75) is 39.4 Å². The summed E-state index contributed by atoms with van der Waals surface area (Å²) >= 11 is 0. The van der Waals surface area contributed by atoms with Crippen molar-refractivity contribution in [1.29, 1.82) is 0 Å². The van der Waals surface area contributed by atoms with Gasteiger partial charge in [0.2, 0.25) is 0 Å². The van der Waals surface area contributed by atoms with Crippen molar-refractivity contribution in [2.75, 3.05) is 6.54 Å². The van der Waals surface area contributed by atoms with Gasteiger partial charge in [-0.3, -0.25) is 9.58 Å².